The molecule has 3 N–H and O–H groups in total. The summed E-state index contributed by atoms with van der Waals surface area (Å²) in [4.78, 5) is 33.5. The molecule has 0 saturated heterocycles. The van der Waals surface area contributed by atoms with Gasteiger partial charge in [0, 0.05) is 25.4 Å². The lowest BCUT2D eigenvalue weighted by Gasteiger charge is -2.14. The Hall–Kier alpha value is -2.58. The van der Waals surface area contributed by atoms with E-state index in [1.807, 2.05) is 0 Å². The Bertz CT molecular complexity index is 474. The van der Waals surface area contributed by atoms with E-state index in [0.717, 1.165) is 0 Å². The van der Waals surface area contributed by atoms with Crippen LogP contribution in [0.5, 0.6) is 0 Å². The van der Waals surface area contributed by atoms with Crippen molar-refractivity contribution in [3.05, 3.63) is 18.5 Å². The molecule has 9 nitrogen and oxygen atoms in total. The van der Waals surface area contributed by atoms with Crippen molar-refractivity contribution in [3.8, 4) is 0 Å². The average Bonchev–Trinajstić information content (AvgIpc) is 2.95. The van der Waals surface area contributed by atoms with Crippen molar-refractivity contribution in [3.63, 3.8) is 0 Å². The van der Waals surface area contributed by atoms with E-state index in [9.17, 15) is 14.4 Å². The highest BCUT2D eigenvalue weighted by atomic mass is 16.5. The number of nitrogens with one attached hydrogen (secondary N) is 2. The maximum atomic E-state index is 11.6. The summed E-state index contributed by atoms with van der Waals surface area (Å²) in [6, 6.07) is 0.00101. The maximum absolute atomic E-state index is 11.6. The molecule has 0 aliphatic heterocycles. The summed E-state index contributed by atoms with van der Waals surface area (Å²) in [7, 11) is 1.22. The molecule has 0 radical (unpaired) electrons. The van der Waals surface area contributed by atoms with E-state index in [1.54, 1.807) is 23.1 Å². The van der Waals surface area contributed by atoms with Crippen LogP contribution in [0.25, 0.3) is 0 Å². The number of ether oxygens (including phenoxy) is 1. The topological polar surface area (TPSA) is 123 Å². The van der Waals surface area contributed by atoms with Gasteiger partial charge in [0.25, 0.3) is 0 Å². The SMILES string of the molecule is COC(=O)CC[C@@H](NC(=O)NCCn1cccn1)C(=O)O. The number of carboxylic acid groups (broad SMARTS) is 1. The fourth-order valence-corrected chi connectivity index (χ4v) is 1.55. The van der Waals surface area contributed by atoms with Gasteiger partial charge in [-0.2, -0.15) is 5.10 Å². The van der Waals surface area contributed by atoms with E-state index in [2.05, 4.69) is 20.5 Å². The Labute approximate surface area is 121 Å². The summed E-state index contributed by atoms with van der Waals surface area (Å²) in [5, 5.41) is 17.7. The van der Waals surface area contributed by atoms with Crippen LogP contribution in [0.1, 0.15) is 12.8 Å². The molecule has 0 spiro atoms. The van der Waals surface area contributed by atoms with Gasteiger partial charge in [0.1, 0.15) is 6.04 Å². The Morgan fingerprint density at radius 2 is 2.19 bits per heavy atom. The fourth-order valence-electron chi connectivity index (χ4n) is 1.55. The van der Waals surface area contributed by atoms with Crippen LogP contribution >= 0.6 is 0 Å². The molecule has 1 aromatic rings. The van der Waals surface area contributed by atoms with Gasteiger partial charge >= 0.3 is 18.0 Å². The van der Waals surface area contributed by atoms with Gasteiger partial charge in [0.05, 0.1) is 13.7 Å². The van der Waals surface area contributed by atoms with Crippen LogP contribution < -0.4 is 10.6 Å². The molecule has 1 atom stereocenters. The minimum Gasteiger partial charge on any atom is -0.480 e. The molecule has 9 heteroatoms. The van der Waals surface area contributed by atoms with Crippen molar-refractivity contribution in [2.75, 3.05) is 13.7 Å². The molecule has 0 fully saturated rings. The molecule has 1 rings (SSSR count). The second-order valence-corrected chi connectivity index (χ2v) is 4.18. The molecule has 0 aromatic carbocycles. The number of aliphatic carboxylic acids is 1. The van der Waals surface area contributed by atoms with Gasteiger partial charge in [-0.3, -0.25) is 9.48 Å². The second-order valence-electron chi connectivity index (χ2n) is 4.18. The highest BCUT2D eigenvalue weighted by molar-refractivity contribution is 5.83. The summed E-state index contributed by atoms with van der Waals surface area (Å²) in [6.45, 7) is 0.775. The van der Waals surface area contributed by atoms with Crippen molar-refractivity contribution in [2.24, 2.45) is 0 Å². The Kier molecular flexibility index (Phi) is 6.72. The standard InChI is InChI=1S/C12H18N4O5/c1-21-10(17)4-3-9(11(18)19)15-12(20)13-6-8-16-7-2-5-14-16/h2,5,7,9H,3-4,6,8H2,1H3,(H,18,19)(H2,13,15,20)/t9-/m1/s1. The van der Waals surface area contributed by atoms with Crippen LogP contribution in [-0.2, 0) is 20.9 Å². The van der Waals surface area contributed by atoms with Crippen molar-refractivity contribution in [1.29, 1.82) is 0 Å². The first-order valence-corrected chi connectivity index (χ1v) is 6.34. The van der Waals surface area contributed by atoms with Gasteiger partial charge < -0.3 is 20.5 Å². The van der Waals surface area contributed by atoms with E-state index in [1.165, 1.54) is 7.11 Å². The van der Waals surface area contributed by atoms with Crippen molar-refractivity contribution in [2.45, 2.75) is 25.4 Å². The number of hydrogen-bond donors (Lipinski definition) is 3. The van der Waals surface area contributed by atoms with E-state index >= 15 is 0 Å². The molecule has 0 aliphatic carbocycles. The van der Waals surface area contributed by atoms with Crippen LogP contribution in [0.3, 0.4) is 0 Å². The largest absolute Gasteiger partial charge is 0.480 e. The summed E-state index contributed by atoms with van der Waals surface area (Å²) in [5.74, 6) is -1.73. The van der Waals surface area contributed by atoms with Gasteiger partial charge in [-0.05, 0) is 12.5 Å². The van der Waals surface area contributed by atoms with Gasteiger partial charge in [0.15, 0.2) is 0 Å². The number of carbonyl (C=O) groups is 3. The van der Waals surface area contributed by atoms with Gasteiger partial charge in [-0.15, -0.1) is 0 Å². The van der Waals surface area contributed by atoms with Crippen LogP contribution in [0.15, 0.2) is 18.5 Å². The molecule has 0 bridgehead atoms. The zero-order valence-electron chi connectivity index (χ0n) is 11.6. The highest BCUT2D eigenvalue weighted by Crippen LogP contribution is 1.99. The monoisotopic (exact) mass is 298 g/mol. The lowest BCUT2D eigenvalue weighted by atomic mass is 10.1. The normalized spacial score (nSPS) is 11.5. The summed E-state index contributed by atoms with van der Waals surface area (Å²) in [6.07, 6.45) is 3.25. The minimum absolute atomic E-state index is 0.0332. The molecule has 116 valence electrons. The minimum atomic E-state index is -1.21. The molecule has 1 aromatic heterocycles. The van der Waals surface area contributed by atoms with Crippen molar-refractivity contribution < 1.29 is 24.2 Å². The third-order valence-electron chi connectivity index (χ3n) is 2.65. The second kappa shape index (κ2) is 8.56. The number of rotatable bonds is 8. The molecule has 0 saturated carbocycles. The van der Waals surface area contributed by atoms with E-state index < -0.39 is 24.0 Å². The zero-order valence-corrected chi connectivity index (χ0v) is 11.6. The lowest BCUT2D eigenvalue weighted by molar-refractivity contribution is -0.142. The average molecular weight is 298 g/mol. The Balaban J connectivity index is 2.31. The molecule has 21 heavy (non-hydrogen) atoms. The van der Waals surface area contributed by atoms with E-state index in [-0.39, 0.29) is 12.8 Å². The van der Waals surface area contributed by atoms with Crippen molar-refractivity contribution >= 4 is 18.0 Å². The summed E-state index contributed by atoms with van der Waals surface area (Å²) >= 11 is 0. The van der Waals surface area contributed by atoms with Crippen LogP contribution in [0.2, 0.25) is 0 Å². The quantitative estimate of drug-likeness (QED) is 0.561. The maximum Gasteiger partial charge on any atom is 0.326 e. The number of carboxylic acids is 1. The number of carbonyl (C=O) groups excluding carboxylic acids is 2. The number of methoxy groups -OCH3 is 1. The number of esters is 1. The smallest absolute Gasteiger partial charge is 0.326 e. The highest BCUT2D eigenvalue weighted by Gasteiger charge is 2.20. The zero-order chi connectivity index (χ0) is 15.7. The first-order valence-electron chi connectivity index (χ1n) is 6.34. The van der Waals surface area contributed by atoms with Crippen LogP contribution in [0.4, 0.5) is 4.79 Å². The third kappa shape index (κ3) is 6.41. The van der Waals surface area contributed by atoms with Crippen LogP contribution in [-0.4, -0.2) is 52.6 Å². The fraction of sp³-hybridized carbons (Fsp3) is 0.500. The van der Waals surface area contributed by atoms with Crippen molar-refractivity contribution in [1.82, 2.24) is 20.4 Å². The van der Waals surface area contributed by atoms with Gasteiger partial charge in [-0.25, -0.2) is 9.59 Å². The molecule has 2 amide bonds. The van der Waals surface area contributed by atoms with E-state index in [0.29, 0.717) is 13.1 Å². The molecule has 1 heterocycles. The molecule has 0 aliphatic rings. The summed E-state index contributed by atoms with van der Waals surface area (Å²) in [5.41, 5.74) is 0. The predicted molar refractivity (Wildman–Crippen MR) is 71.4 cm³/mol. The number of amides is 2. The number of nitrogens with zero attached hydrogens (tertiary/aromatic N) is 2. The number of hydrogen-bond acceptors (Lipinski definition) is 5. The summed E-state index contributed by atoms with van der Waals surface area (Å²) < 4.78 is 6.05. The molecule has 0 unspecified atom stereocenters. The Morgan fingerprint density at radius 3 is 2.76 bits per heavy atom. The van der Waals surface area contributed by atoms with Crippen LogP contribution in [0, 0.1) is 0 Å². The first-order chi connectivity index (χ1) is 10.0. The van der Waals surface area contributed by atoms with Gasteiger partial charge in [-0.1, -0.05) is 0 Å². The first kappa shape index (κ1) is 16.5. The number of urea groups is 1. The lowest BCUT2D eigenvalue weighted by Crippen LogP contribution is -2.46. The molecular weight excluding hydrogens is 280 g/mol. The third-order valence-corrected chi connectivity index (χ3v) is 2.65. The molecular formula is C12H18N4O5. The number of aromatic nitrogens is 2. The Morgan fingerprint density at radius 1 is 1.43 bits per heavy atom. The van der Waals surface area contributed by atoms with E-state index in [4.69, 9.17) is 5.11 Å². The predicted octanol–water partition coefficient (Wildman–Crippen LogP) is -0.411. The van der Waals surface area contributed by atoms with Gasteiger partial charge in [0.2, 0.25) is 0 Å².